The summed E-state index contributed by atoms with van der Waals surface area (Å²) in [5.74, 6) is 0. The smallest absolute Gasteiger partial charge is 0.0634 e. The van der Waals surface area contributed by atoms with Gasteiger partial charge in [0.2, 0.25) is 0 Å². The van der Waals surface area contributed by atoms with E-state index in [1.165, 1.54) is 45.3 Å². The first-order valence-electron chi connectivity index (χ1n) is 7.08. The number of ether oxygens (including phenoxy) is 1. The van der Waals surface area contributed by atoms with Gasteiger partial charge < -0.3 is 15.0 Å². The molecule has 0 aromatic carbocycles. The van der Waals surface area contributed by atoms with Crippen LogP contribution >= 0.6 is 0 Å². The number of piperazine rings is 1. The topological polar surface area (TPSA) is 24.5 Å². The summed E-state index contributed by atoms with van der Waals surface area (Å²) >= 11 is 0. The maximum absolute atomic E-state index is 5.50. The van der Waals surface area contributed by atoms with Crippen LogP contribution in [-0.2, 0) is 4.74 Å². The lowest BCUT2D eigenvalue weighted by molar-refractivity contribution is 0.00247. The second-order valence-electron chi connectivity index (χ2n) is 6.40. The van der Waals surface area contributed by atoms with Gasteiger partial charge in [0.05, 0.1) is 5.60 Å². The monoisotopic (exact) mass is 240 g/mol. The fraction of sp³-hybridized carbons (Fsp3) is 1.00. The van der Waals surface area contributed by atoms with Gasteiger partial charge in [0.1, 0.15) is 0 Å². The third-order valence-corrected chi connectivity index (χ3v) is 4.60. The van der Waals surface area contributed by atoms with E-state index in [1.54, 1.807) is 0 Å². The molecule has 0 amide bonds. The molecule has 1 saturated heterocycles. The number of rotatable bonds is 4. The molecule has 0 atom stereocenters. The van der Waals surface area contributed by atoms with Crippen molar-refractivity contribution >= 4 is 0 Å². The summed E-state index contributed by atoms with van der Waals surface area (Å²) in [4.78, 5) is 2.63. The average molecular weight is 240 g/mol. The van der Waals surface area contributed by atoms with Crippen LogP contribution in [-0.4, -0.2) is 49.3 Å². The van der Waals surface area contributed by atoms with Gasteiger partial charge in [-0.05, 0) is 33.1 Å². The van der Waals surface area contributed by atoms with Gasteiger partial charge in [-0.15, -0.1) is 0 Å². The minimum absolute atomic E-state index is 0.0215. The third-order valence-electron chi connectivity index (χ3n) is 4.60. The standard InChI is InChI=1S/C14H28N2O/c1-13(2,17-3)8-10-16-11-9-15-14(12-16)6-4-5-7-14/h15H,4-12H2,1-3H3. The number of nitrogens with zero attached hydrogens (tertiary/aromatic N) is 1. The molecule has 100 valence electrons. The molecule has 1 spiro atoms. The van der Waals surface area contributed by atoms with Gasteiger partial charge in [0.25, 0.3) is 0 Å². The van der Waals surface area contributed by atoms with E-state index in [4.69, 9.17) is 4.74 Å². The maximum Gasteiger partial charge on any atom is 0.0634 e. The Morgan fingerprint density at radius 3 is 2.65 bits per heavy atom. The van der Waals surface area contributed by atoms with Crippen molar-refractivity contribution in [3.05, 3.63) is 0 Å². The van der Waals surface area contributed by atoms with Gasteiger partial charge in [-0.2, -0.15) is 0 Å². The Morgan fingerprint density at radius 2 is 2.00 bits per heavy atom. The van der Waals surface area contributed by atoms with Crippen molar-refractivity contribution in [1.82, 2.24) is 10.2 Å². The van der Waals surface area contributed by atoms with Crippen molar-refractivity contribution in [1.29, 1.82) is 0 Å². The number of hydrogen-bond donors (Lipinski definition) is 1. The van der Waals surface area contributed by atoms with Gasteiger partial charge in [-0.1, -0.05) is 12.8 Å². The molecule has 0 radical (unpaired) electrons. The summed E-state index contributed by atoms with van der Waals surface area (Å²) in [7, 11) is 1.82. The Bertz CT molecular complexity index is 247. The zero-order valence-electron chi connectivity index (χ0n) is 11.7. The summed E-state index contributed by atoms with van der Waals surface area (Å²) in [5, 5.41) is 3.76. The summed E-state index contributed by atoms with van der Waals surface area (Å²) in [6.07, 6.45) is 6.68. The van der Waals surface area contributed by atoms with Crippen LogP contribution in [0.3, 0.4) is 0 Å². The van der Waals surface area contributed by atoms with Gasteiger partial charge in [-0.3, -0.25) is 0 Å². The first kappa shape index (κ1) is 13.3. The highest BCUT2D eigenvalue weighted by molar-refractivity contribution is 4.98. The van der Waals surface area contributed by atoms with E-state index in [-0.39, 0.29) is 5.60 Å². The summed E-state index contributed by atoms with van der Waals surface area (Å²) in [6, 6.07) is 0. The average Bonchev–Trinajstić information content (AvgIpc) is 2.75. The third kappa shape index (κ3) is 3.43. The molecule has 1 N–H and O–H groups in total. The minimum atomic E-state index is 0.0215. The first-order valence-corrected chi connectivity index (χ1v) is 7.08. The highest BCUT2D eigenvalue weighted by Crippen LogP contribution is 2.32. The number of hydrogen-bond acceptors (Lipinski definition) is 3. The van der Waals surface area contributed by atoms with Crippen LogP contribution in [0, 0.1) is 0 Å². The fourth-order valence-corrected chi connectivity index (χ4v) is 3.15. The molecule has 1 aliphatic carbocycles. The molecular formula is C14H28N2O. The maximum atomic E-state index is 5.50. The van der Waals surface area contributed by atoms with Crippen molar-refractivity contribution in [2.24, 2.45) is 0 Å². The van der Waals surface area contributed by atoms with Crippen LogP contribution in [0.5, 0.6) is 0 Å². The molecule has 0 bridgehead atoms. The molecule has 3 heteroatoms. The SMILES string of the molecule is COC(C)(C)CCN1CCNC2(CCCC2)C1. The Morgan fingerprint density at radius 1 is 1.29 bits per heavy atom. The van der Waals surface area contributed by atoms with Crippen molar-refractivity contribution in [3.8, 4) is 0 Å². The molecule has 2 aliphatic rings. The highest BCUT2D eigenvalue weighted by Gasteiger charge is 2.37. The molecule has 1 heterocycles. The summed E-state index contributed by atoms with van der Waals surface area (Å²) in [5.41, 5.74) is 0.475. The van der Waals surface area contributed by atoms with Crippen molar-refractivity contribution in [2.75, 3.05) is 33.3 Å². The number of nitrogens with one attached hydrogen (secondary N) is 1. The van der Waals surface area contributed by atoms with Crippen LogP contribution in [0.4, 0.5) is 0 Å². The van der Waals surface area contributed by atoms with Crippen LogP contribution in [0.1, 0.15) is 46.0 Å². The molecule has 3 nitrogen and oxygen atoms in total. The predicted octanol–water partition coefficient (Wildman–Crippen LogP) is 2.02. The lowest BCUT2D eigenvalue weighted by Gasteiger charge is -2.42. The zero-order chi connectivity index (χ0) is 12.4. The lowest BCUT2D eigenvalue weighted by atomic mass is 9.94. The molecule has 0 aromatic rings. The predicted molar refractivity (Wildman–Crippen MR) is 71.3 cm³/mol. The molecule has 17 heavy (non-hydrogen) atoms. The van der Waals surface area contributed by atoms with Gasteiger partial charge in [-0.25, -0.2) is 0 Å². The first-order chi connectivity index (χ1) is 8.05. The van der Waals surface area contributed by atoms with E-state index in [0.29, 0.717) is 5.54 Å². The molecule has 2 rings (SSSR count). The minimum Gasteiger partial charge on any atom is -0.379 e. The van der Waals surface area contributed by atoms with Crippen molar-refractivity contribution < 1.29 is 4.74 Å². The van der Waals surface area contributed by atoms with Crippen LogP contribution in [0.15, 0.2) is 0 Å². The van der Waals surface area contributed by atoms with E-state index in [0.717, 1.165) is 13.0 Å². The molecule has 0 aromatic heterocycles. The van der Waals surface area contributed by atoms with Gasteiger partial charge >= 0.3 is 0 Å². The highest BCUT2D eigenvalue weighted by atomic mass is 16.5. The van der Waals surface area contributed by atoms with Crippen molar-refractivity contribution in [3.63, 3.8) is 0 Å². The summed E-state index contributed by atoms with van der Waals surface area (Å²) < 4.78 is 5.50. The van der Waals surface area contributed by atoms with E-state index < -0.39 is 0 Å². The van der Waals surface area contributed by atoms with E-state index in [1.807, 2.05) is 7.11 Å². The molecular weight excluding hydrogens is 212 g/mol. The Hall–Kier alpha value is -0.120. The van der Waals surface area contributed by atoms with Crippen molar-refractivity contribution in [2.45, 2.75) is 57.1 Å². The molecule has 1 aliphatic heterocycles. The van der Waals surface area contributed by atoms with Crippen LogP contribution < -0.4 is 5.32 Å². The second kappa shape index (κ2) is 5.25. The Kier molecular flexibility index (Phi) is 4.11. The van der Waals surface area contributed by atoms with Gasteiger partial charge in [0, 0.05) is 38.8 Å². The van der Waals surface area contributed by atoms with E-state index >= 15 is 0 Å². The Labute approximate surface area is 106 Å². The lowest BCUT2D eigenvalue weighted by Crippen LogP contribution is -2.59. The van der Waals surface area contributed by atoms with E-state index in [2.05, 4.69) is 24.1 Å². The molecule has 1 saturated carbocycles. The Balaban J connectivity index is 1.81. The quantitative estimate of drug-likeness (QED) is 0.813. The van der Waals surface area contributed by atoms with E-state index in [9.17, 15) is 0 Å². The largest absolute Gasteiger partial charge is 0.379 e. The fourth-order valence-electron chi connectivity index (χ4n) is 3.15. The summed E-state index contributed by atoms with van der Waals surface area (Å²) in [6.45, 7) is 9.13. The zero-order valence-corrected chi connectivity index (χ0v) is 11.7. The normalized spacial score (nSPS) is 25.6. The number of methoxy groups -OCH3 is 1. The van der Waals surface area contributed by atoms with Crippen LogP contribution in [0.25, 0.3) is 0 Å². The van der Waals surface area contributed by atoms with Crippen LogP contribution in [0.2, 0.25) is 0 Å². The second-order valence-corrected chi connectivity index (χ2v) is 6.40. The molecule has 0 unspecified atom stereocenters. The van der Waals surface area contributed by atoms with Gasteiger partial charge in [0.15, 0.2) is 0 Å². The molecule has 2 fully saturated rings.